The van der Waals surface area contributed by atoms with Gasteiger partial charge in [-0.1, -0.05) is 57.2 Å². The highest BCUT2D eigenvalue weighted by Crippen LogP contribution is 2.45. The van der Waals surface area contributed by atoms with Crippen molar-refractivity contribution >= 4 is 12.0 Å². The highest BCUT2D eigenvalue weighted by Gasteiger charge is 2.42. The third-order valence-electron chi connectivity index (χ3n) is 5.43. The second-order valence-corrected chi connectivity index (χ2v) is 9.15. The van der Waals surface area contributed by atoms with Gasteiger partial charge in [-0.3, -0.25) is 4.79 Å². The summed E-state index contributed by atoms with van der Waals surface area (Å²) in [7, 11) is 0. The Kier molecular flexibility index (Phi) is 6.26. The van der Waals surface area contributed by atoms with Crippen LogP contribution in [-0.2, 0) is 0 Å². The van der Waals surface area contributed by atoms with Crippen molar-refractivity contribution in [2.45, 2.75) is 46.1 Å². The molecule has 154 valence electrons. The Balaban J connectivity index is 1.60. The molecule has 3 rings (SSSR count). The number of carbonyl (C=O) groups is 2. The molecule has 1 saturated carbocycles. The fraction of sp³-hybridized carbons (Fsp3) is 0.417. The van der Waals surface area contributed by atoms with Gasteiger partial charge in [0.2, 0.25) is 0 Å². The number of nitrogens with one attached hydrogen (secondary N) is 2. The van der Waals surface area contributed by atoms with Gasteiger partial charge in [-0.15, -0.1) is 0 Å². The zero-order chi connectivity index (χ0) is 20.9. The van der Waals surface area contributed by atoms with Crippen LogP contribution in [0.15, 0.2) is 60.7 Å². The number of hydrogen-bond acceptors (Lipinski definition) is 3. The Hall–Kier alpha value is -2.82. The fourth-order valence-corrected chi connectivity index (χ4v) is 4.65. The molecule has 1 aliphatic carbocycles. The topological polar surface area (TPSA) is 67.4 Å². The summed E-state index contributed by atoms with van der Waals surface area (Å²) in [6.07, 6.45) is 2.23. The Morgan fingerprint density at radius 3 is 2.24 bits per heavy atom. The summed E-state index contributed by atoms with van der Waals surface area (Å²) in [6, 6.07) is 18.4. The van der Waals surface area contributed by atoms with Gasteiger partial charge in [0.25, 0.3) is 5.91 Å². The summed E-state index contributed by atoms with van der Waals surface area (Å²) >= 11 is 0. The van der Waals surface area contributed by atoms with E-state index in [4.69, 9.17) is 4.74 Å². The van der Waals surface area contributed by atoms with Crippen molar-refractivity contribution in [2.75, 3.05) is 6.54 Å². The molecule has 2 atom stereocenters. The van der Waals surface area contributed by atoms with Crippen LogP contribution < -0.4 is 15.4 Å². The summed E-state index contributed by atoms with van der Waals surface area (Å²) < 4.78 is 5.33. The highest BCUT2D eigenvalue weighted by atomic mass is 16.6. The lowest BCUT2D eigenvalue weighted by Gasteiger charge is -2.46. The number of benzene rings is 2. The van der Waals surface area contributed by atoms with Gasteiger partial charge in [-0.2, -0.15) is 0 Å². The minimum Gasteiger partial charge on any atom is -0.410 e. The second kappa shape index (κ2) is 8.68. The van der Waals surface area contributed by atoms with Gasteiger partial charge >= 0.3 is 6.09 Å². The van der Waals surface area contributed by atoms with E-state index in [0.717, 1.165) is 19.3 Å². The zero-order valence-corrected chi connectivity index (χ0v) is 17.4. The minimum atomic E-state index is -0.453. The lowest BCUT2D eigenvalue weighted by Crippen LogP contribution is -2.50. The van der Waals surface area contributed by atoms with Gasteiger partial charge in [-0.05, 0) is 54.4 Å². The molecule has 0 aliphatic heterocycles. The van der Waals surface area contributed by atoms with Crippen LogP contribution >= 0.6 is 0 Å². The molecule has 2 amide bonds. The molecule has 2 unspecified atom stereocenters. The molecular weight excluding hydrogens is 364 g/mol. The van der Waals surface area contributed by atoms with Crippen LogP contribution in [0.3, 0.4) is 0 Å². The molecular formula is C24H30N2O3. The maximum absolute atomic E-state index is 12.6. The molecule has 2 aromatic carbocycles. The molecule has 0 spiro atoms. The molecule has 1 fully saturated rings. The van der Waals surface area contributed by atoms with Crippen molar-refractivity contribution in [2.24, 2.45) is 10.8 Å². The minimum absolute atomic E-state index is 0.0490. The van der Waals surface area contributed by atoms with Crippen LogP contribution in [0.25, 0.3) is 0 Å². The first-order valence-corrected chi connectivity index (χ1v) is 10.1. The molecule has 29 heavy (non-hydrogen) atoms. The molecule has 0 radical (unpaired) electrons. The van der Waals surface area contributed by atoms with Crippen molar-refractivity contribution in [3.63, 3.8) is 0 Å². The SMILES string of the molecule is CC1(C)CC(NC(=O)c2ccccc2)CC(C)(CNC(=O)Oc2ccccc2)C1. The summed E-state index contributed by atoms with van der Waals surface area (Å²) in [5.41, 5.74) is 0.598. The molecule has 0 saturated heterocycles. The van der Waals surface area contributed by atoms with Crippen molar-refractivity contribution in [3.8, 4) is 5.75 Å². The first-order chi connectivity index (χ1) is 13.7. The van der Waals surface area contributed by atoms with E-state index in [1.807, 2.05) is 48.5 Å². The molecule has 0 bridgehead atoms. The van der Waals surface area contributed by atoms with E-state index in [9.17, 15) is 9.59 Å². The van der Waals surface area contributed by atoms with Crippen LogP contribution in [-0.4, -0.2) is 24.6 Å². The van der Waals surface area contributed by atoms with E-state index >= 15 is 0 Å². The highest BCUT2D eigenvalue weighted by molar-refractivity contribution is 5.94. The monoisotopic (exact) mass is 394 g/mol. The fourth-order valence-electron chi connectivity index (χ4n) is 4.65. The summed E-state index contributed by atoms with van der Waals surface area (Å²) in [5.74, 6) is 0.472. The van der Waals surface area contributed by atoms with Gasteiger partial charge < -0.3 is 15.4 Å². The quantitative estimate of drug-likeness (QED) is 0.766. The Bertz CT molecular complexity index is 836. The van der Waals surface area contributed by atoms with Crippen LogP contribution in [0, 0.1) is 10.8 Å². The number of amides is 2. The summed E-state index contributed by atoms with van der Waals surface area (Å²) in [5, 5.41) is 6.10. The van der Waals surface area contributed by atoms with E-state index in [1.54, 1.807) is 12.1 Å². The van der Waals surface area contributed by atoms with Crippen molar-refractivity contribution in [3.05, 3.63) is 66.2 Å². The van der Waals surface area contributed by atoms with Crippen molar-refractivity contribution < 1.29 is 14.3 Å². The van der Waals surface area contributed by atoms with E-state index < -0.39 is 6.09 Å². The normalized spacial score (nSPS) is 23.1. The number of carbonyl (C=O) groups excluding carboxylic acids is 2. The van der Waals surface area contributed by atoms with Crippen molar-refractivity contribution in [1.82, 2.24) is 10.6 Å². The number of hydrogen-bond donors (Lipinski definition) is 2. The van der Waals surface area contributed by atoms with Gasteiger partial charge in [0.05, 0.1) is 0 Å². The smallest absolute Gasteiger partial charge is 0.410 e. The van der Waals surface area contributed by atoms with Crippen molar-refractivity contribution in [1.29, 1.82) is 0 Å². The van der Waals surface area contributed by atoms with Gasteiger partial charge in [0.15, 0.2) is 0 Å². The zero-order valence-electron chi connectivity index (χ0n) is 17.4. The molecule has 2 N–H and O–H groups in total. The molecule has 5 heteroatoms. The Morgan fingerprint density at radius 2 is 1.59 bits per heavy atom. The lowest BCUT2D eigenvalue weighted by molar-refractivity contribution is 0.0624. The second-order valence-electron chi connectivity index (χ2n) is 9.15. The molecule has 2 aromatic rings. The Labute approximate surface area is 172 Å². The van der Waals surface area contributed by atoms with E-state index in [0.29, 0.717) is 17.9 Å². The van der Waals surface area contributed by atoms with Crippen LogP contribution in [0.4, 0.5) is 4.79 Å². The van der Waals surface area contributed by atoms with E-state index in [2.05, 4.69) is 31.4 Å². The van der Waals surface area contributed by atoms with Gasteiger partial charge in [0.1, 0.15) is 5.75 Å². The summed E-state index contributed by atoms with van der Waals surface area (Å²) in [6.45, 7) is 7.10. The average molecular weight is 395 g/mol. The number of para-hydroxylation sites is 1. The van der Waals surface area contributed by atoms with Gasteiger partial charge in [0, 0.05) is 18.2 Å². The van der Waals surface area contributed by atoms with Gasteiger partial charge in [-0.25, -0.2) is 4.79 Å². The predicted octanol–water partition coefficient (Wildman–Crippen LogP) is 4.79. The van der Waals surface area contributed by atoms with E-state index in [-0.39, 0.29) is 22.8 Å². The standard InChI is InChI=1S/C24H30N2O3/c1-23(2)14-19(26-21(27)18-10-6-4-7-11-18)15-24(3,16-23)17-25-22(28)29-20-12-8-5-9-13-20/h4-13,19H,14-17H2,1-3H3,(H,25,28)(H,26,27). The third-order valence-corrected chi connectivity index (χ3v) is 5.43. The Morgan fingerprint density at radius 1 is 0.966 bits per heavy atom. The maximum atomic E-state index is 12.6. The first kappa shape index (κ1) is 20.9. The lowest BCUT2D eigenvalue weighted by atomic mass is 9.62. The summed E-state index contributed by atoms with van der Waals surface area (Å²) in [4.78, 5) is 24.8. The third kappa shape index (κ3) is 6.08. The molecule has 0 heterocycles. The first-order valence-electron chi connectivity index (χ1n) is 10.1. The average Bonchev–Trinajstić information content (AvgIpc) is 2.66. The molecule has 1 aliphatic rings. The van der Waals surface area contributed by atoms with Crippen LogP contribution in [0.1, 0.15) is 50.4 Å². The maximum Gasteiger partial charge on any atom is 0.412 e. The van der Waals surface area contributed by atoms with Crippen LogP contribution in [0.2, 0.25) is 0 Å². The molecule has 0 aromatic heterocycles. The van der Waals surface area contributed by atoms with Crippen LogP contribution in [0.5, 0.6) is 5.75 Å². The van der Waals surface area contributed by atoms with E-state index in [1.165, 1.54) is 0 Å². The number of ether oxygens (including phenoxy) is 1. The largest absolute Gasteiger partial charge is 0.412 e. The molecule has 5 nitrogen and oxygen atoms in total. The number of rotatable bonds is 5. The predicted molar refractivity (Wildman–Crippen MR) is 114 cm³/mol.